The third-order valence-electron chi connectivity index (χ3n) is 15.3. The summed E-state index contributed by atoms with van der Waals surface area (Å²) in [5.74, 6) is 0. The highest BCUT2D eigenvalue weighted by Gasteiger charge is 2.60. The van der Waals surface area contributed by atoms with Gasteiger partial charge in [0.2, 0.25) is 0 Å². The Morgan fingerprint density at radius 2 is 0.432 bits per heavy atom. The maximum Gasteiger partial charge on any atom is 0.187 e. The summed E-state index contributed by atoms with van der Waals surface area (Å²) in [6.45, 7) is -6.61. The molecule has 472 valence electrons. The van der Waals surface area contributed by atoms with Crippen molar-refractivity contribution in [3.63, 3.8) is 0 Å². The summed E-state index contributed by atoms with van der Waals surface area (Å²) in [7, 11) is 0. The lowest BCUT2D eigenvalue weighted by atomic mass is 9.95. The smallest absolute Gasteiger partial charge is 0.187 e. The lowest BCUT2D eigenvalue weighted by Gasteiger charge is -2.50. The molecule has 15 aliphatic heterocycles. The second-order valence-corrected chi connectivity index (χ2v) is 20.8. The zero-order valence-electron chi connectivity index (χ0n) is 43.0. The first-order valence-corrected chi connectivity index (χ1v) is 26.1. The third kappa shape index (κ3) is 13.4. The predicted octanol–water partition coefficient (Wildman–Crippen LogP) is -14.8. The quantitative estimate of drug-likeness (QED) is 0.0966. The van der Waals surface area contributed by atoms with Gasteiger partial charge in [0.1, 0.15) is 171 Å². The molecule has 15 fully saturated rings. The summed E-state index contributed by atoms with van der Waals surface area (Å²) in [4.78, 5) is 0. The van der Waals surface area contributed by atoms with E-state index in [2.05, 4.69) is 0 Å². The highest BCUT2D eigenvalue weighted by Crippen LogP contribution is 2.39. The van der Waals surface area contributed by atoms with E-state index in [1.807, 2.05) is 0 Å². The Morgan fingerprint density at radius 1 is 0.259 bits per heavy atom. The van der Waals surface area contributed by atoms with Crippen LogP contribution in [0.3, 0.4) is 0 Å². The van der Waals surface area contributed by atoms with Gasteiger partial charge >= 0.3 is 0 Å². The summed E-state index contributed by atoms with van der Waals surface area (Å²) < 4.78 is 86.4. The standard InChI is InChI=1S/C45H76O36/c1-10(53)9-67-38-30(66)37-17(8-52)74-45(38)81-36-16(7-51)73-43(29(65)23(36)59)79-34-14(5-49)71-41(27(63)21(34)57)77-32-12(3-47)69-39(25(61)19(32)55)75-31-11(2-46)68-40(24(60)18(31)54)76-33-13(4-48)70-42(26(62)20(33)56)78-35-15(6-50)72-44(80-37)28(64)22(35)58/h10-66H,2-9H2,1H3/t10-,11+,12+,13+,14+,15+,16+,17+,18+,19-,20+,21-,22+,23-,24+,25-,26+,27-,28+,29-,30-,31+,32+,33+,34+,35+,36+,37+,38+,39+,40+,41+,42+,43+,44+,45+/m0/s1. The molecule has 15 heterocycles. The molecule has 81 heavy (non-hydrogen) atoms. The average Bonchev–Trinajstić information content (AvgIpc) is 3.66. The van der Waals surface area contributed by atoms with Gasteiger partial charge in [0, 0.05) is 0 Å². The molecule has 0 amide bonds. The van der Waals surface area contributed by atoms with E-state index in [-0.39, 0.29) is 0 Å². The van der Waals surface area contributed by atoms with E-state index >= 15 is 0 Å². The van der Waals surface area contributed by atoms with Crippen molar-refractivity contribution in [2.24, 2.45) is 0 Å². The highest BCUT2D eigenvalue weighted by molar-refractivity contribution is 5.02. The first-order valence-electron chi connectivity index (χ1n) is 26.1. The molecule has 36 heteroatoms. The normalized spacial score (nSPS) is 53.6. The first-order chi connectivity index (χ1) is 38.5. The van der Waals surface area contributed by atoms with Crippen molar-refractivity contribution in [3.8, 4) is 0 Å². The van der Waals surface area contributed by atoms with E-state index < -0.39 is 274 Å². The minimum absolute atomic E-state index is 0.568. The van der Waals surface area contributed by atoms with Crippen molar-refractivity contribution in [2.45, 2.75) is 228 Å². The Balaban J connectivity index is 1.10. The maximum atomic E-state index is 11.9. The van der Waals surface area contributed by atoms with Crippen molar-refractivity contribution in [3.05, 3.63) is 0 Å². The molecular formula is C45H76O36. The molecule has 15 aliphatic rings. The van der Waals surface area contributed by atoms with E-state index in [1.54, 1.807) is 0 Å². The minimum atomic E-state index is -2.21. The second-order valence-electron chi connectivity index (χ2n) is 20.8. The van der Waals surface area contributed by atoms with Crippen molar-refractivity contribution in [1.82, 2.24) is 0 Å². The zero-order valence-corrected chi connectivity index (χ0v) is 43.0. The Labute approximate surface area is 458 Å². The van der Waals surface area contributed by atoms with E-state index in [0.29, 0.717) is 0 Å². The SMILES string of the molecule is C[C@H](O)CO[C@H]1[C@H]2O[C@H]3[C@@H](O)[C@H](O)[C@@H](O[C@H]4[C@@H](O)[C@H](O)[C@@H](O[C@H]5[C@@H](O)[C@H](O)[C@@H](O[C@H]6[C@H](O)[C@@H](O)[C@@H](O[C@H]7[C@H](O)[C@@H](O)[C@@H](O[C@H]8[C@H](O)[C@@H](O)[C@@H](O[C@@H]([C@@H]1O)[C@@H](CO)O2)O[C@@H]8CO)O[C@@H]7CO)O[C@@H]6CO)O[C@@H]5CO)O[C@@H]4CO)O[C@@H]3CO. The predicted molar refractivity (Wildman–Crippen MR) is 244 cm³/mol. The topological polar surface area (TPSA) is 563 Å². The summed E-state index contributed by atoms with van der Waals surface area (Å²) in [6, 6.07) is 0. The molecule has 36 nitrogen and oxygen atoms in total. The van der Waals surface area contributed by atoms with Crippen LogP contribution in [0.1, 0.15) is 6.92 Å². The Bertz CT molecular complexity index is 1910. The molecule has 0 aromatic rings. The minimum Gasteiger partial charge on any atom is -0.394 e. The molecule has 0 aromatic carbocycles. The van der Waals surface area contributed by atoms with Gasteiger partial charge < -0.3 is 178 Å². The largest absolute Gasteiger partial charge is 0.394 e. The van der Waals surface area contributed by atoms with Crippen molar-refractivity contribution in [2.75, 3.05) is 52.9 Å². The lowest BCUT2D eigenvalue weighted by Crippen LogP contribution is -2.68. The van der Waals surface area contributed by atoms with Crippen LogP contribution in [-0.4, -0.2) is 381 Å². The summed E-state index contributed by atoms with van der Waals surface area (Å²) in [5, 5.41) is 232. The first kappa shape index (κ1) is 65.5. The van der Waals surface area contributed by atoms with Crippen molar-refractivity contribution < 1.29 is 178 Å². The molecule has 0 saturated carbocycles. The average molecular weight is 1190 g/mol. The summed E-state index contributed by atoms with van der Waals surface area (Å²) in [5.41, 5.74) is 0. The Hall–Kier alpha value is -1.44. The van der Waals surface area contributed by atoms with Crippen molar-refractivity contribution >= 4 is 0 Å². The maximum absolute atomic E-state index is 11.9. The highest BCUT2D eigenvalue weighted by atomic mass is 16.8. The second kappa shape index (κ2) is 28.2. The Morgan fingerprint density at radius 3 is 0.617 bits per heavy atom. The van der Waals surface area contributed by atoms with Crippen LogP contribution in [-0.2, 0) is 71.1 Å². The van der Waals surface area contributed by atoms with Gasteiger partial charge in [-0.15, -0.1) is 0 Å². The van der Waals surface area contributed by atoms with E-state index in [9.17, 15) is 107 Å². The fourth-order valence-electron chi connectivity index (χ4n) is 10.8. The van der Waals surface area contributed by atoms with Gasteiger partial charge in [0.05, 0.1) is 59.0 Å². The number of aliphatic hydroxyl groups is 21. The van der Waals surface area contributed by atoms with Gasteiger partial charge in [0.15, 0.2) is 44.0 Å². The zero-order chi connectivity index (χ0) is 59.0. The van der Waals surface area contributed by atoms with Gasteiger partial charge in [-0.2, -0.15) is 0 Å². The van der Waals surface area contributed by atoms with E-state index in [1.165, 1.54) is 6.92 Å². The fourth-order valence-corrected chi connectivity index (χ4v) is 10.8. The Kier molecular flexibility index (Phi) is 22.8. The molecule has 0 aliphatic carbocycles. The molecule has 14 bridgehead atoms. The number of ether oxygens (including phenoxy) is 15. The number of rotatable bonds is 10. The molecular weight excluding hydrogens is 1120 g/mol. The molecule has 0 aromatic heterocycles. The summed E-state index contributed by atoms with van der Waals surface area (Å²) >= 11 is 0. The number of hydrogen-bond donors (Lipinski definition) is 21. The lowest BCUT2D eigenvalue weighted by molar-refractivity contribution is -0.398. The van der Waals surface area contributed by atoms with E-state index in [4.69, 9.17) is 71.1 Å². The van der Waals surface area contributed by atoms with Gasteiger partial charge in [-0.3, -0.25) is 0 Å². The van der Waals surface area contributed by atoms with Crippen LogP contribution in [0.5, 0.6) is 0 Å². The van der Waals surface area contributed by atoms with Gasteiger partial charge in [-0.05, 0) is 6.92 Å². The van der Waals surface area contributed by atoms with Crippen LogP contribution in [0.2, 0.25) is 0 Å². The molecule has 15 saturated heterocycles. The van der Waals surface area contributed by atoms with Gasteiger partial charge in [0.25, 0.3) is 0 Å². The molecule has 15 rings (SSSR count). The molecule has 0 radical (unpaired) electrons. The van der Waals surface area contributed by atoms with Crippen LogP contribution < -0.4 is 0 Å². The third-order valence-corrected chi connectivity index (χ3v) is 15.3. The van der Waals surface area contributed by atoms with Gasteiger partial charge in [-0.25, -0.2) is 0 Å². The fraction of sp³-hybridized carbons (Fsp3) is 1.00. The van der Waals surface area contributed by atoms with Crippen LogP contribution in [0.4, 0.5) is 0 Å². The van der Waals surface area contributed by atoms with Crippen molar-refractivity contribution in [1.29, 1.82) is 0 Å². The molecule has 0 spiro atoms. The summed E-state index contributed by atoms with van der Waals surface area (Å²) in [6.07, 6.45) is -70.9. The van der Waals surface area contributed by atoms with Crippen LogP contribution in [0, 0.1) is 0 Å². The molecule has 21 N–H and O–H groups in total. The number of hydrogen-bond acceptors (Lipinski definition) is 36. The van der Waals surface area contributed by atoms with Crippen LogP contribution in [0.15, 0.2) is 0 Å². The number of aliphatic hydroxyl groups excluding tert-OH is 21. The molecule has 36 atom stereocenters. The van der Waals surface area contributed by atoms with Crippen LogP contribution >= 0.6 is 0 Å². The van der Waals surface area contributed by atoms with Crippen LogP contribution in [0.25, 0.3) is 0 Å². The van der Waals surface area contributed by atoms with E-state index in [0.717, 1.165) is 0 Å². The number of fused-ring (bicyclic) bond motifs is 7. The monoisotopic (exact) mass is 1190 g/mol. The molecule has 0 unspecified atom stereocenters. The van der Waals surface area contributed by atoms with Gasteiger partial charge in [-0.1, -0.05) is 0 Å².